The van der Waals surface area contributed by atoms with Crippen LogP contribution in [0.4, 0.5) is 0 Å². The van der Waals surface area contributed by atoms with Crippen LogP contribution in [0.25, 0.3) is 0 Å². The topological polar surface area (TPSA) is 78.9 Å². The molecule has 1 atom stereocenters. The fraction of sp³-hybridized carbons (Fsp3) is 0.620. The second-order valence-electron chi connectivity index (χ2n) is 14.2. The number of carbonyl (C=O) groups excluding carboxylic acids is 3. The molecule has 0 bridgehead atoms. The molecule has 0 saturated heterocycles. The highest BCUT2D eigenvalue weighted by Gasteiger charge is 2.19. The van der Waals surface area contributed by atoms with Gasteiger partial charge in [0.1, 0.15) is 13.2 Å². The lowest BCUT2D eigenvalue weighted by atomic mass is 10.1. The standard InChI is InChI=1S/C50H80O6/c1-4-7-10-13-16-18-20-22-23-24-25-26-27-29-30-32-34-37-40-43-49(52)55-46-47(45-54-48(51)42-39-36-15-12-9-6-3)56-50(53)44-41-38-35-33-31-28-21-19-17-14-11-8-5-2/h7,10-11,14,16,18-19,21-23,25-26,29-30,34,37,47H,4-6,8-9,12-13,15,17,20,24,27-28,31-33,35-36,38-46H2,1-3H3/b10-7-,14-11-,18-16-,21-19-,23-22-,26-25-,30-29-,37-34-. The molecule has 0 aliphatic heterocycles. The first-order valence-corrected chi connectivity index (χ1v) is 22.2. The minimum Gasteiger partial charge on any atom is -0.462 e. The Morgan fingerprint density at radius 3 is 1.27 bits per heavy atom. The molecule has 0 amide bonds. The van der Waals surface area contributed by atoms with Crippen molar-refractivity contribution in [3.63, 3.8) is 0 Å². The van der Waals surface area contributed by atoms with Gasteiger partial charge in [-0.1, -0.05) is 176 Å². The number of esters is 3. The summed E-state index contributed by atoms with van der Waals surface area (Å²) in [6.45, 7) is 6.28. The average molecular weight is 777 g/mol. The monoisotopic (exact) mass is 777 g/mol. The lowest BCUT2D eigenvalue weighted by molar-refractivity contribution is -0.166. The van der Waals surface area contributed by atoms with Crippen molar-refractivity contribution in [2.75, 3.05) is 13.2 Å². The minimum absolute atomic E-state index is 0.108. The van der Waals surface area contributed by atoms with Gasteiger partial charge in [0.25, 0.3) is 0 Å². The van der Waals surface area contributed by atoms with Gasteiger partial charge in [0, 0.05) is 19.3 Å². The van der Waals surface area contributed by atoms with Gasteiger partial charge in [-0.3, -0.25) is 14.4 Å². The number of unbranched alkanes of at least 4 members (excludes halogenated alkanes) is 11. The molecule has 0 aliphatic rings. The molecule has 316 valence electrons. The maximum Gasteiger partial charge on any atom is 0.306 e. The maximum atomic E-state index is 12.7. The van der Waals surface area contributed by atoms with Crippen LogP contribution in [0, 0.1) is 0 Å². The van der Waals surface area contributed by atoms with Gasteiger partial charge in [-0.15, -0.1) is 0 Å². The lowest BCUT2D eigenvalue weighted by Gasteiger charge is -2.18. The first-order valence-electron chi connectivity index (χ1n) is 22.2. The van der Waals surface area contributed by atoms with Gasteiger partial charge in [0.2, 0.25) is 0 Å². The number of rotatable bonds is 38. The van der Waals surface area contributed by atoms with Crippen molar-refractivity contribution in [2.45, 2.75) is 187 Å². The predicted molar refractivity (Wildman–Crippen MR) is 237 cm³/mol. The molecular weight excluding hydrogens is 697 g/mol. The van der Waals surface area contributed by atoms with Crippen LogP contribution in [0.1, 0.15) is 181 Å². The second-order valence-corrected chi connectivity index (χ2v) is 14.2. The molecule has 56 heavy (non-hydrogen) atoms. The van der Waals surface area contributed by atoms with Gasteiger partial charge in [-0.25, -0.2) is 0 Å². The Bertz CT molecular complexity index is 1170. The Balaban J connectivity index is 4.43. The average Bonchev–Trinajstić information content (AvgIpc) is 3.19. The fourth-order valence-corrected chi connectivity index (χ4v) is 5.50. The number of ether oxygens (including phenoxy) is 3. The van der Waals surface area contributed by atoms with E-state index in [-0.39, 0.29) is 37.5 Å². The summed E-state index contributed by atoms with van der Waals surface area (Å²) in [5.41, 5.74) is 0. The van der Waals surface area contributed by atoms with Crippen LogP contribution in [-0.4, -0.2) is 37.2 Å². The van der Waals surface area contributed by atoms with Crippen LogP contribution in [-0.2, 0) is 28.6 Å². The molecule has 0 saturated carbocycles. The Morgan fingerprint density at radius 1 is 0.375 bits per heavy atom. The molecular formula is C50H80O6. The fourth-order valence-electron chi connectivity index (χ4n) is 5.50. The van der Waals surface area contributed by atoms with Gasteiger partial charge >= 0.3 is 17.9 Å². The molecule has 0 aromatic carbocycles. The van der Waals surface area contributed by atoms with Crippen LogP contribution < -0.4 is 0 Å². The Kier molecular flexibility index (Phi) is 41.2. The SMILES string of the molecule is CC/C=C\C/C=C\C/C=C\C/C=C\C/C=C\C/C=C\CCC(=O)OCC(COC(=O)CCCCCCCC)OC(=O)CCCCCCC/C=C\C/C=C\CCC. The van der Waals surface area contributed by atoms with Gasteiger partial charge in [-0.2, -0.15) is 0 Å². The van der Waals surface area contributed by atoms with Crippen LogP contribution in [0.3, 0.4) is 0 Å². The zero-order valence-electron chi connectivity index (χ0n) is 35.9. The van der Waals surface area contributed by atoms with E-state index in [0.717, 1.165) is 109 Å². The third-order valence-electron chi connectivity index (χ3n) is 8.82. The van der Waals surface area contributed by atoms with Crippen LogP contribution in [0.5, 0.6) is 0 Å². The van der Waals surface area contributed by atoms with E-state index in [1.165, 1.54) is 25.7 Å². The van der Waals surface area contributed by atoms with E-state index >= 15 is 0 Å². The van der Waals surface area contributed by atoms with Crippen LogP contribution in [0.15, 0.2) is 97.2 Å². The van der Waals surface area contributed by atoms with E-state index < -0.39 is 6.10 Å². The molecule has 0 aliphatic carbocycles. The Morgan fingerprint density at radius 2 is 0.768 bits per heavy atom. The predicted octanol–water partition coefficient (Wildman–Crippen LogP) is 14.2. The van der Waals surface area contributed by atoms with Crippen molar-refractivity contribution in [1.29, 1.82) is 0 Å². The smallest absolute Gasteiger partial charge is 0.306 e. The summed E-state index contributed by atoms with van der Waals surface area (Å²) in [6.07, 6.45) is 57.1. The van der Waals surface area contributed by atoms with Crippen molar-refractivity contribution < 1.29 is 28.6 Å². The second kappa shape index (κ2) is 44.0. The Labute approximate surface area is 343 Å². The number of hydrogen-bond donors (Lipinski definition) is 0. The maximum absolute atomic E-state index is 12.7. The molecule has 0 fully saturated rings. The van der Waals surface area contributed by atoms with E-state index in [9.17, 15) is 14.4 Å². The normalized spacial score (nSPS) is 13.0. The van der Waals surface area contributed by atoms with Crippen molar-refractivity contribution in [3.05, 3.63) is 97.2 Å². The molecule has 0 aromatic heterocycles. The summed E-state index contributed by atoms with van der Waals surface area (Å²) in [5, 5.41) is 0. The first kappa shape index (κ1) is 52.3. The largest absolute Gasteiger partial charge is 0.462 e. The van der Waals surface area contributed by atoms with Crippen molar-refractivity contribution >= 4 is 17.9 Å². The van der Waals surface area contributed by atoms with E-state index in [1.54, 1.807) is 0 Å². The molecule has 0 aromatic rings. The molecule has 6 heteroatoms. The minimum atomic E-state index is -0.811. The van der Waals surface area contributed by atoms with E-state index in [1.807, 2.05) is 12.2 Å². The molecule has 0 radical (unpaired) electrons. The lowest BCUT2D eigenvalue weighted by Crippen LogP contribution is -2.30. The van der Waals surface area contributed by atoms with E-state index in [2.05, 4.69) is 106 Å². The van der Waals surface area contributed by atoms with Crippen molar-refractivity contribution in [1.82, 2.24) is 0 Å². The van der Waals surface area contributed by atoms with Crippen molar-refractivity contribution in [3.8, 4) is 0 Å². The third kappa shape index (κ3) is 41.5. The van der Waals surface area contributed by atoms with Crippen LogP contribution >= 0.6 is 0 Å². The third-order valence-corrected chi connectivity index (χ3v) is 8.82. The van der Waals surface area contributed by atoms with Crippen LogP contribution in [0.2, 0.25) is 0 Å². The summed E-state index contributed by atoms with van der Waals surface area (Å²) in [7, 11) is 0. The quantitative estimate of drug-likeness (QED) is 0.0269. The molecule has 0 N–H and O–H groups in total. The molecule has 6 nitrogen and oxygen atoms in total. The van der Waals surface area contributed by atoms with E-state index in [4.69, 9.17) is 14.2 Å². The van der Waals surface area contributed by atoms with Gasteiger partial charge in [-0.05, 0) is 83.5 Å². The number of allylic oxidation sites excluding steroid dienone is 16. The van der Waals surface area contributed by atoms with Gasteiger partial charge < -0.3 is 14.2 Å². The summed E-state index contributed by atoms with van der Waals surface area (Å²) < 4.78 is 16.5. The van der Waals surface area contributed by atoms with Crippen molar-refractivity contribution in [2.24, 2.45) is 0 Å². The molecule has 0 spiro atoms. The number of carbonyl (C=O) groups is 3. The summed E-state index contributed by atoms with van der Waals surface area (Å²) >= 11 is 0. The highest BCUT2D eigenvalue weighted by Crippen LogP contribution is 2.11. The van der Waals surface area contributed by atoms with Gasteiger partial charge in [0.05, 0.1) is 0 Å². The van der Waals surface area contributed by atoms with Gasteiger partial charge in [0.15, 0.2) is 6.10 Å². The summed E-state index contributed by atoms with van der Waals surface area (Å²) in [5.74, 6) is -1.03. The first-order chi connectivity index (χ1) is 27.5. The summed E-state index contributed by atoms with van der Waals surface area (Å²) in [6, 6.07) is 0. The zero-order chi connectivity index (χ0) is 40.8. The molecule has 1 unspecified atom stereocenters. The molecule has 0 rings (SSSR count). The summed E-state index contributed by atoms with van der Waals surface area (Å²) in [4.78, 5) is 37.5. The molecule has 0 heterocycles. The zero-order valence-corrected chi connectivity index (χ0v) is 35.9. The Hall–Kier alpha value is -3.67. The number of hydrogen-bond acceptors (Lipinski definition) is 6. The highest BCUT2D eigenvalue weighted by molar-refractivity contribution is 5.71. The van der Waals surface area contributed by atoms with E-state index in [0.29, 0.717) is 19.3 Å². The highest BCUT2D eigenvalue weighted by atomic mass is 16.6.